The van der Waals surface area contributed by atoms with E-state index in [1.54, 1.807) is 0 Å². The molecular weight excluding hydrogens is 301 g/mol. The Bertz CT molecular complexity index is 736. The Balaban J connectivity index is 0.00000176. The fourth-order valence-corrected chi connectivity index (χ4v) is 2.17. The van der Waals surface area contributed by atoms with Crippen LogP contribution in [0.15, 0.2) is 11.1 Å². The van der Waals surface area contributed by atoms with Gasteiger partial charge in [-0.15, -0.1) is 0 Å². The molecule has 1 aliphatic heterocycles. The molecule has 6 atom stereocenters. The molecule has 3 heterocycles. The minimum atomic E-state index is -1.73. The Hall–Kier alpha value is -1.58. The molecule has 6 N–H and O–H groups in total. The van der Waals surface area contributed by atoms with Crippen LogP contribution in [0.5, 0.6) is 0 Å². The van der Waals surface area contributed by atoms with Crippen molar-refractivity contribution in [3.8, 4) is 0 Å². The molecule has 0 aliphatic carbocycles. The van der Waals surface area contributed by atoms with E-state index >= 15 is 0 Å². The highest BCUT2D eigenvalue weighted by Crippen LogP contribution is 2.30. The summed E-state index contributed by atoms with van der Waals surface area (Å²) in [5, 5.41) is 29.0. The van der Waals surface area contributed by atoms with Gasteiger partial charge >= 0.3 is 0 Å². The highest BCUT2D eigenvalue weighted by atomic mass is 31.0. The number of hydrogen-bond acceptors (Lipinski definition) is 8. The second-order valence-corrected chi connectivity index (χ2v) is 4.40. The largest absolute Gasteiger partial charge is 0.394 e. The number of aromatic nitrogens is 4. The zero-order chi connectivity index (χ0) is 15.3. The summed E-state index contributed by atoms with van der Waals surface area (Å²) < 4.78 is 13.7. The molecule has 0 bridgehead atoms. The maximum Gasteiger partial charge on any atom is 0.280 e. The van der Waals surface area contributed by atoms with Gasteiger partial charge < -0.3 is 25.8 Å². The number of nitrogens with zero attached hydrogens (tertiary/aromatic N) is 3. The van der Waals surface area contributed by atoms with Crippen molar-refractivity contribution in [1.29, 1.82) is 0 Å². The molecule has 2 unspecified atom stereocenters. The van der Waals surface area contributed by atoms with E-state index in [-0.39, 0.29) is 27.0 Å². The van der Waals surface area contributed by atoms with E-state index in [1.807, 2.05) is 0 Å². The predicted molar refractivity (Wildman–Crippen MR) is 76.7 cm³/mol. The number of ether oxygens (including phenoxy) is 1. The van der Waals surface area contributed by atoms with Crippen LogP contribution < -0.4 is 11.3 Å². The molecule has 21 heavy (non-hydrogen) atoms. The van der Waals surface area contributed by atoms with Crippen LogP contribution in [-0.2, 0) is 4.74 Å². The molecule has 1 saturated heterocycles. The molecule has 0 radical (unpaired) electrons. The zero-order valence-electron chi connectivity index (χ0n) is 11.7. The van der Waals surface area contributed by atoms with Crippen LogP contribution in [0.4, 0.5) is 5.95 Å². The van der Waals surface area contributed by atoms with Crippen LogP contribution in [0.3, 0.4) is 0 Å². The summed E-state index contributed by atoms with van der Waals surface area (Å²) in [6.07, 6.45) is -4.12. The van der Waals surface area contributed by atoms with Crippen LogP contribution in [0, 0.1) is 0 Å². The molecule has 3 rings (SSSR count). The summed E-state index contributed by atoms with van der Waals surface area (Å²) in [6, 6.07) is 0. The van der Waals surface area contributed by atoms with E-state index < -0.39 is 36.7 Å². The van der Waals surface area contributed by atoms with Crippen molar-refractivity contribution in [3.05, 3.63) is 16.7 Å². The smallest absolute Gasteiger partial charge is 0.280 e. The molecule has 0 saturated carbocycles. The van der Waals surface area contributed by atoms with Crippen LogP contribution in [0.2, 0.25) is 0 Å². The molecule has 2 aromatic heterocycles. The number of nitrogens with two attached hydrogens (primary N) is 1. The summed E-state index contributed by atoms with van der Waals surface area (Å²) >= 11 is 0. The van der Waals surface area contributed by atoms with E-state index in [1.165, 1.54) is 10.9 Å². The maximum absolute atomic E-state index is 11.7. The Morgan fingerprint density at radius 2 is 2.24 bits per heavy atom. The summed E-state index contributed by atoms with van der Waals surface area (Å²) in [7, 11) is 0. The van der Waals surface area contributed by atoms with Crippen molar-refractivity contribution >= 4 is 27.0 Å². The van der Waals surface area contributed by atoms with Gasteiger partial charge in [0.25, 0.3) is 5.56 Å². The highest BCUT2D eigenvalue weighted by Gasteiger charge is 2.44. The number of H-pyrrole nitrogens is 1. The third-order valence-corrected chi connectivity index (χ3v) is 3.15. The lowest BCUT2D eigenvalue weighted by Gasteiger charge is -2.16. The van der Waals surface area contributed by atoms with Gasteiger partial charge in [0.15, 0.2) is 17.4 Å². The molecule has 116 valence electrons. The number of nitrogens with one attached hydrogen (secondary N) is 1. The summed E-state index contributed by atoms with van der Waals surface area (Å²) in [4.78, 5) is 21.7. The molecule has 0 aromatic carbocycles. The number of aromatic amines is 1. The second-order valence-electron chi connectivity index (χ2n) is 4.40. The lowest BCUT2D eigenvalue weighted by atomic mass is 10.1. The number of hydrogen-bond donors (Lipinski definition) is 5. The number of aliphatic hydroxyl groups is 3. The summed E-state index contributed by atoms with van der Waals surface area (Å²) in [6.45, 7) is -1.73. The highest BCUT2D eigenvalue weighted by molar-refractivity contribution is 6.92. The first-order valence-corrected chi connectivity index (χ1v) is 5.74. The van der Waals surface area contributed by atoms with Crippen molar-refractivity contribution in [3.63, 3.8) is 0 Å². The first-order valence-electron chi connectivity index (χ1n) is 6.32. The molecule has 11 heteroatoms. The molecule has 2 aromatic rings. The van der Waals surface area contributed by atoms with Crippen molar-refractivity contribution < 1.29 is 21.4 Å². The lowest BCUT2D eigenvalue weighted by molar-refractivity contribution is -0.0511. The number of fused-ring (bicyclic) bond motifs is 1. The monoisotopic (exact) mass is 318 g/mol. The number of aliphatic hydroxyl groups excluding tert-OH is 3. The minimum Gasteiger partial charge on any atom is -0.394 e. The Morgan fingerprint density at radius 1 is 1.52 bits per heavy atom. The van der Waals surface area contributed by atoms with Gasteiger partial charge in [0, 0.05) is 0 Å². The fraction of sp³-hybridized carbons (Fsp3) is 0.500. The van der Waals surface area contributed by atoms with Crippen molar-refractivity contribution in [1.82, 2.24) is 19.5 Å². The average Bonchev–Trinajstić information content (AvgIpc) is 2.93. The second kappa shape index (κ2) is 5.66. The van der Waals surface area contributed by atoms with Gasteiger partial charge in [0.2, 0.25) is 5.95 Å². The number of anilines is 1. The third kappa shape index (κ3) is 2.41. The molecular formula is C10H16N5O5P. The van der Waals surface area contributed by atoms with E-state index in [4.69, 9.17) is 11.8 Å². The van der Waals surface area contributed by atoms with E-state index in [0.29, 0.717) is 0 Å². The first-order chi connectivity index (χ1) is 9.90. The SMILES string of the molecule is P.[2H]C(O)[C@H]1O[C@@H](n2cnc3c(=O)[nH]c(N)nc32)[C@H](O)[C@@H]1O. The summed E-state index contributed by atoms with van der Waals surface area (Å²) in [5.41, 5.74) is 4.96. The fourth-order valence-electron chi connectivity index (χ4n) is 2.17. The van der Waals surface area contributed by atoms with Gasteiger partial charge in [-0.05, 0) is 0 Å². The normalized spacial score (nSPS) is 30.9. The molecule has 10 nitrogen and oxygen atoms in total. The lowest BCUT2D eigenvalue weighted by Crippen LogP contribution is -2.33. The van der Waals surface area contributed by atoms with Gasteiger partial charge in [-0.3, -0.25) is 14.3 Å². The number of nitrogen functional groups attached to an aromatic ring is 1. The predicted octanol–water partition coefficient (Wildman–Crippen LogP) is -2.63. The minimum absolute atomic E-state index is 0. The Morgan fingerprint density at radius 3 is 2.86 bits per heavy atom. The van der Waals surface area contributed by atoms with Gasteiger partial charge in [-0.2, -0.15) is 14.9 Å². The van der Waals surface area contributed by atoms with Crippen molar-refractivity contribution in [2.45, 2.75) is 24.5 Å². The quantitative estimate of drug-likeness (QED) is 0.376. The van der Waals surface area contributed by atoms with Gasteiger partial charge in [0.05, 0.1) is 14.3 Å². The molecule has 1 fully saturated rings. The molecule has 1 aliphatic rings. The summed E-state index contributed by atoms with van der Waals surface area (Å²) in [5.74, 6) is -0.139. The van der Waals surface area contributed by atoms with Gasteiger partial charge in [-0.1, -0.05) is 0 Å². The van der Waals surface area contributed by atoms with Crippen LogP contribution >= 0.6 is 9.90 Å². The van der Waals surface area contributed by atoms with Crippen LogP contribution in [0.1, 0.15) is 7.60 Å². The first kappa shape index (κ1) is 14.4. The number of imidazole rings is 1. The Labute approximate surface area is 122 Å². The zero-order valence-corrected chi connectivity index (χ0v) is 12.2. The third-order valence-electron chi connectivity index (χ3n) is 3.15. The molecule has 0 spiro atoms. The van der Waals surface area contributed by atoms with Gasteiger partial charge in [-0.25, -0.2) is 4.98 Å². The maximum atomic E-state index is 11.7. The molecule has 0 amide bonds. The van der Waals surface area contributed by atoms with Crippen molar-refractivity contribution in [2.75, 3.05) is 12.3 Å². The van der Waals surface area contributed by atoms with Crippen LogP contribution in [-0.4, -0.2) is 59.7 Å². The average molecular weight is 318 g/mol. The van der Waals surface area contributed by atoms with Gasteiger partial charge in [0.1, 0.15) is 18.3 Å². The van der Waals surface area contributed by atoms with E-state index in [0.717, 1.165) is 0 Å². The Kier molecular flexibility index (Phi) is 3.87. The number of rotatable bonds is 2. The topological polar surface area (TPSA) is 160 Å². The standard InChI is InChI=1S/C10H13N5O5.H3P/c11-10-13-7-4(8(19)14-10)12-2-15(7)9-6(18)5(17)3(1-16)20-9;/h2-3,5-6,9,16-18H,1H2,(H3,11,13,14,19);1H3/t3-,5-,6-,9-;/m1./s1/i1D;/t1?,3-,5-,6-,9-;. The van der Waals surface area contributed by atoms with E-state index in [9.17, 15) is 20.1 Å². The van der Waals surface area contributed by atoms with E-state index in [2.05, 4.69) is 15.0 Å². The van der Waals surface area contributed by atoms with Crippen molar-refractivity contribution in [2.24, 2.45) is 0 Å². The van der Waals surface area contributed by atoms with Crippen LogP contribution in [0.25, 0.3) is 11.2 Å².